The predicted molar refractivity (Wildman–Crippen MR) is 125 cm³/mol. The van der Waals surface area contributed by atoms with Crippen molar-refractivity contribution in [1.82, 2.24) is 20.0 Å². The van der Waals surface area contributed by atoms with Crippen LogP contribution in [0, 0.1) is 5.82 Å². The van der Waals surface area contributed by atoms with E-state index in [0.29, 0.717) is 17.1 Å². The molecule has 0 atom stereocenters. The highest BCUT2D eigenvalue weighted by Gasteiger charge is 2.13. The summed E-state index contributed by atoms with van der Waals surface area (Å²) in [4.78, 5) is 13.2. The largest absolute Gasteiger partial charge is 0.452 e. The summed E-state index contributed by atoms with van der Waals surface area (Å²) in [5.41, 5.74) is 2.85. The van der Waals surface area contributed by atoms with Gasteiger partial charge in [-0.15, -0.1) is 21.5 Å². The fourth-order valence-corrected chi connectivity index (χ4v) is 3.85. The van der Waals surface area contributed by atoms with E-state index in [4.69, 9.17) is 9.15 Å². The second-order valence-electron chi connectivity index (χ2n) is 7.14. The van der Waals surface area contributed by atoms with Crippen molar-refractivity contribution in [2.75, 3.05) is 0 Å². The highest BCUT2D eigenvalue weighted by molar-refractivity contribution is 7.13. The fraction of sp³-hybridized carbons (Fsp3) is 0.0400. The van der Waals surface area contributed by atoms with Gasteiger partial charge in [0.15, 0.2) is 6.61 Å². The molecule has 0 aliphatic rings. The van der Waals surface area contributed by atoms with Gasteiger partial charge < -0.3 is 9.15 Å². The molecule has 34 heavy (non-hydrogen) atoms. The van der Waals surface area contributed by atoms with E-state index in [1.165, 1.54) is 29.5 Å². The van der Waals surface area contributed by atoms with Gasteiger partial charge in [-0.1, -0.05) is 24.3 Å². The SMILES string of the molecule is O=C(/C=C/c1cn(-c2ccccc2)nc1-c1ccc(F)cc1)OCc1nnc(-c2cccs2)o1. The molecular weight excluding hydrogens is 455 g/mol. The standard InChI is InChI=1S/C25H17FN4O3S/c26-19-11-8-17(9-12-19)24-18(15-30(29-24)20-5-2-1-3-6-20)10-13-23(31)32-16-22-27-28-25(33-22)21-7-4-14-34-21/h1-15H,16H2/b13-10+. The Hall–Kier alpha value is -4.37. The highest BCUT2D eigenvalue weighted by Crippen LogP contribution is 2.26. The summed E-state index contributed by atoms with van der Waals surface area (Å²) in [7, 11) is 0. The van der Waals surface area contributed by atoms with Crippen LogP contribution in [0.15, 0.2) is 88.8 Å². The number of para-hydroxylation sites is 1. The monoisotopic (exact) mass is 472 g/mol. The predicted octanol–water partition coefficient (Wildman–Crippen LogP) is 5.55. The van der Waals surface area contributed by atoms with E-state index in [0.717, 1.165) is 16.1 Å². The third-order valence-corrected chi connectivity index (χ3v) is 5.67. The molecule has 7 nitrogen and oxygen atoms in total. The second kappa shape index (κ2) is 9.63. The highest BCUT2D eigenvalue weighted by atomic mass is 32.1. The number of esters is 1. The van der Waals surface area contributed by atoms with Gasteiger partial charge >= 0.3 is 5.97 Å². The molecule has 0 saturated heterocycles. The zero-order chi connectivity index (χ0) is 23.3. The minimum Gasteiger partial charge on any atom is -0.452 e. The van der Waals surface area contributed by atoms with E-state index >= 15 is 0 Å². The molecule has 0 N–H and O–H groups in total. The quantitative estimate of drug-likeness (QED) is 0.228. The van der Waals surface area contributed by atoms with Gasteiger partial charge in [-0.2, -0.15) is 5.10 Å². The molecule has 0 unspecified atom stereocenters. The molecule has 0 aliphatic heterocycles. The molecule has 0 radical (unpaired) electrons. The summed E-state index contributed by atoms with van der Waals surface area (Å²) in [5, 5.41) is 14.4. The molecule has 9 heteroatoms. The summed E-state index contributed by atoms with van der Waals surface area (Å²) in [6.07, 6.45) is 4.71. The average molecular weight is 473 g/mol. The first-order valence-electron chi connectivity index (χ1n) is 10.3. The van der Waals surface area contributed by atoms with Crippen molar-refractivity contribution in [3.8, 4) is 27.7 Å². The molecule has 3 aromatic heterocycles. The van der Waals surface area contributed by atoms with Crippen molar-refractivity contribution in [3.05, 3.63) is 102 Å². The second-order valence-corrected chi connectivity index (χ2v) is 8.09. The molecule has 5 aromatic rings. The van der Waals surface area contributed by atoms with Crippen LogP contribution in [0.1, 0.15) is 11.5 Å². The van der Waals surface area contributed by atoms with E-state index in [2.05, 4.69) is 15.3 Å². The van der Waals surface area contributed by atoms with Gasteiger partial charge in [0.25, 0.3) is 11.8 Å². The van der Waals surface area contributed by atoms with Crippen LogP contribution in [0.3, 0.4) is 0 Å². The molecule has 0 saturated carbocycles. The molecule has 168 valence electrons. The van der Waals surface area contributed by atoms with Gasteiger partial charge in [0.1, 0.15) is 5.82 Å². The number of carbonyl (C=O) groups excluding carboxylic acids is 1. The van der Waals surface area contributed by atoms with Crippen molar-refractivity contribution in [3.63, 3.8) is 0 Å². The average Bonchev–Trinajstić information content (AvgIpc) is 3.63. The van der Waals surface area contributed by atoms with Crippen molar-refractivity contribution < 1.29 is 18.3 Å². The zero-order valence-corrected chi connectivity index (χ0v) is 18.5. The smallest absolute Gasteiger partial charge is 0.331 e. The number of aromatic nitrogens is 4. The van der Waals surface area contributed by atoms with Crippen molar-refractivity contribution in [2.24, 2.45) is 0 Å². The first-order valence-corrected chi connectivity index (χ1v) is 11.2. The van der Waals surface area contributed by atoms with Gasteiger partial charge in [0.05, 0.1) is 16.3 Å². The lowest BCUT2D eigenvalue weighted by Gasteiger charge is -2.00. The van der Waals surface area contributed by atoms with Crippen LogP contribution in [0.2, 0.25) is 0 Å². The molecule has 5 rings (SSSR count). The molecule has 0 fully saturated rings. The number of thiophene rings is 1. The van der Waals surface area contributed by atoms with Gasteiger partial charge in [0, 0.05) is 23.4 Å². The Bertz CT molecular complexity index is 1420. The fourth-order valence-electron chi connectivity index (χ4n) is 3.20. The maximum atomic E-state index is 13.4. The molecular formula is C25H17FN4O3S. The number of halogens is 1. The Kier molecular flexibility index (Phi) is 6.09. The number of carbonyl (C=O) groups is 1. The Morgan fingerprint density at radius 1 is 1.06 bits per heavy atom. The van der Waals surface area contributed by atoms with Crippen LogP contribution in [0.5, 0.6) is 0 Å². The van der Waals surface area contributed by atoms with Crippen molar-refractivity contribution >= 4 is 23.4 Å². The molecule has 3 heterocycles. The summed E-state index contributed by atoms with van der Waals surface area (Å²) in [6.45, 7) is -0.143. The molecule has 0 aliphatic carbocycles. The summed E-state index contributed by atoms with van der Waals surface area (Å²) >= 11 is 1.48. The van der Waals surface area contributed by atoms with Crippen molar-refractivity contribution in [2.45, 2.75) is 6.61 Å². The van der Waals surface area contributed by atoms with Gasteiger partial charge in [-0.3, -0.25) is 0 Å². The first-order chi connectivity index (χ1) is 16.7. The number of nitrogens with zero attached hydrogens (tertiary/aromatic N) is 4. The Morgan fingerprint density at radius 2 is 1.88 bits per heavy atom. The van der Waals surface area contributed by atoms with Crippen LogP contribution < -0.4 is 0 Å². The maximum Gasteiger partial charge on any atom is 0.331 e. The Morgan fingerprint density at radius 3 is 2.65 bits per heavy atom. The van der Waals surface area contributed by atoms with Crippen LogP contribution in [-0.2, 0) is 16.1 Å². The molecule has 0 bridgehead atoms. The minimum atomic E-state index is -0.576. The van der Waals surface area contributed by atoms with Gasteiger partial charge in [-0.05, 0) is 53.9 Å². The Labute approximate surface area is 197 Å². The van der Waals surface area contributed by atoms with Crippen LogP contribution in [-0.4, -0.2) is 25.9 Å². The lowest BCUT2D eigenvalue weighted by Crippen LogP contribution is -2.01. The van der Waals surface area contributed by atoms with E-state index < -0.39 is 5.97 Å². The first kappa shape index (κ1) is 21.5. The normalized spacial score (nSPS) is 11.2. The summed E-state index contributed by atoms with van der Waals surface area (Å²) in [6, 6.07) is 19.3. The number of ether oxygens (including phenoxy) is 1. The number of benzene rings is 2. The summed E-state index contributed by atoms with van der Waals surface area (Å²) < 4.78 is 25.9. The molecule has 0 spiro atoms. The van der Waals surface area contributed by atoms with Crippen LogP contribution in [0.25, 0.3) is 33.8 Å². The van der Waals surface area contributed by atoms with E-state index in [9.17, 15) is 9.18 Å². The van der Waals surface area contributed by atoms with E-state index in [1.807, 2.05) is 47.8 Å². The third kappa shape index (κ3) is 4.84. The molecule has 0 amide bonds. The summed E-state index contributed by atoms with van der Waals surface area (Å²) in [5.74, 6) is -0.327. The van der Waals surface area contributed by atoms with E-state index in [-0.39, 0.29) is 18.3 Å². The minimum absolute atomic E-state index is 0.143. The zero-order valence-electron chi connectivity index (χ0n) is 17.7. The number of rotatable bonds is 7. The maximum absolute atomic E-state index is 13.4. The Balaban J connectivity index is 1.33. The van der Waals surface area contributed by atoms with Crippen LogP contribution >= 0.6 is 11.3 Å². The lowest BCUT2D eigenvalue weighted by molar-refractivity contribution is -0.139. The van der Waals surface area contributed by atoms with Crippen molar-refractivity contribution in [1.29, 1.82) is 0 Å². The van der Waals surface area contributed by atoms with Gasteiger partial charge in [0.2, 0.25) is 0 Å². The topological polar surface area (TPSA) is 83.0 Å². The van der Waals surface area contributed by atoms with E-state index in [1.54, 1.807) is 29.1 Å². The number of hydrogen-bond donors (Lipinski definition) is 0. The van der Waals surface area contributed by atoms with Gasteiger partial charge in [-0.25, -0.2) is 13.9 Å². The third-order valence-electron chi connectivity index (χ3n) is 4.82. The lowest BCUT2D eigenvalue weighted by atomic mass is 10.1. The molecule has 2 aromatic carbocycles. The number of hydrogen-bond acceptors (Lipinski definition) is 7. The van der Waals surface area contributed by atoms with Crippen LogP contribution in [0.4, 0.5) is 4.39 Å².